The average Bonchev–Trinajstić information content (AvgIpc) is 3.18. The second-order valence-electron chi connectivity index (χ2n) is 6.14. The molecule has 0 amide bonds. The number of nitrogens with two attached hydrogens (primary N) is 1. The van der Waals surface area contributed by atoms with Gasteiger partial charge in [-0.25, -0.2) is 19.3 Å². The Labute approximate surface area is 251 Å². The summed E-state index contributed by atoms with van der Waals surface area (Å²) in [6, 6.07) is 0. The second kappa shape index (κ2) is 15.1. The van der Waals surface area contributed by atoms with Crippen molar-refractivity contribution in [1.29, 1.82) is 0 Å². The van der Waals surface area contributed by atoms with Crippen LogP contribution in [0.1, 0.15) is 6.23 Å². The predicted octanol–water partition coefficient (Wildman–Crippen LogP) is -15.5. The van der Waals surface area contributed by atoms with Gasteiger partial charge in [0.05, 0.1) is 20.8 Å². The molecule has 18 nitrogen and oxygen atoms in total. The molecule has 3 heterocycles. The number of phosphoric ester groups is 1. The summed E-state index contributed by atoms with van der Waals surface area (Å²) < 4.78 is 56.2. The molecule has 0 spiro atoms. The number of nitrogen functional groups attached to an aromatic ring is 1. The molecule has 0 aromatic carbocycles. The van der Waals surface area contributed by atoms with Crippen LogP contribution in [-0.2, 0) is 36.3 Å². The van der Waals surface area contributed by atoms with Crippen molar-refractivity contribution in [3.05, 3.63) is 12.7 Å². The number of hydrogen-bond acceptors (Lipinski definition) is 17. The molecule has 0 radical (unpaired) electrons. The van der Waals surface area contributed by atoms with Crippen LogP contribution >= 0.6 is 23.5 Å². The summed E-state index contributed by atoms with van der Waals surface area (Å²) in [6.07, 6.45) is -2.69. The summed E-state index contributed by atoms with van der Waals surface area (Å²) in [5, 5.41) is 10.4. The van der Waals surface area contributed by atoms with E-state index in [1.807, 2.05) is 0 Å². The van der Waals surface area contributed by atoms with E-state index in [0.29, 0.717) is 0 Å². The van der Waals surface area contributed by atoms with Crippen molar-refractivity contribution in [2.45, 2.75) is 24.5 Å². The van der Waals surface area contributed by atoms with E-state index in [0.717, 1.165) is 6.33 Å². The summed E-state index contributed by atoms with van der Waals surface area (Å²) in [6.45, 7) is -0.992. The first-order valence-corrected chi connectivity index (χ1v) is 12.6. The largest absolute Gasteiger partial charge is 1.00 e. The van der Waals surface area contributed by atoms with Gasteiger partial charge in [0.1, 0.15) is 30.2 Å². The third-order valence-corrected chi connectivity index (χ3v) is 7.71. The molecule has 0 saturated carbocycles. The maximum absolute atomic E-state index is 11.7. The van der Waals surface area contributed by atoms with Crippen LogP contribution in [0.2, 0.25) is 0 Å². The van der Waals surface area contributed by atoms with Gasteiger partial charge >= 0.3 is 75.4 Å². The molecular formula is C11H14Li4N5O13P3. The molecular weight excluding hydrogens is 531 g/mol. The minimum absolute atomic E-state index is 0. The van der Waals surface area contributed by atoms with Crippen LogP contribution in [0.5, 0.6) is 0 Å². The Morgan fingerprint density at radius 3 is 2.22 bits per heavy atom. The van der Waals surface area contributed by atoms with Gasteiger partial charge < -0.3 is 49.0 Å². The van der Waals surface area contributed by atoms with E-state index < -0.39 is 54.6 Å². The van der Waals surface area contributed by atoms with Gasteiger partial charge in [0.2, 0.25) is 0 Å². The molecule has 3 N–H and O–H groups in total. The number of fused-ring (bicyclic) bond motifs is 1. The van der Waals surface area contributed by atoms with E-state index in [-0.39, 0.29) is 92.4 Å². The van der Waals surface area contributed by atoms with Gasteiger partial charge in [-0.1, -0.05) is 0 Å². The van der Waals surface area contributed by atoms with Crippen LogP contribution in [0.3, 0.4) is 0 Å². The van der Waals surface area contributed by atoms with Crippen molar-refractivity contribution in [2.24, 2.45) is 0 Å². The molecule has 6 atom stereocenters. The van der Waals surface area contributed by atoms with Gasteiger partial charge in [0.15, 0.2) is 17.7 Å². The van der Waals surface area contributed by atoms with E-state index in [4.69, 9.17) is 15.2 Å². The Bertz CT molecular complexity index is 1140. The van der Waals surface area contributed by atoms with Crippen molar-refractivity contribution < 1.29 is 136 Å². The molecule has 1 aliphatic rings. The van der Waals surface area contributed by atoms with Crippen LogP contribution in [0.4, 0.5) is 5.82 Å². The van der Waals surface area contributed by atoms with E-state index in [1.54, 1.807) is 0 Å². The van der Waals surface area contributed by atoms with Crippen LogP contribution in [0, 0.1) is 0 Å². The smallest absolute Gasteiger partial charge is 0.790 e. The normalized spacial score (nSPS) is 24.8. The third-order valence-electron chi connectivity index (χ3n) is 4.04. The fourth-order valence-corrected chi connectivity index (χ4v) is 5.70. The van der Waals surface area contributed by atoms with Crippen LogP contribution < -0.4 is 101 Å². The maximum Gasteiger partial charge on any atom is 1.00 e. The van der Waals surface area contributed by atoms with Crippen molar-refractivity contribution in [2.75, 3.05) is 19.5 Å². The second-order valence-corrected chi connectivity index (χ2v) is 10.4. The minimum Gasteiger partial charge on any atom is -0.790 e. The Morgan fingerprint density at radius 2 is 1.67 bits per heavy atom. The quantitative estimate of drug-likeness (QED) is 0.218. The summed E-state index contributed by atoms with van der Waals surface area (Å²) >= 11 is 0. The van der Waals surface area contributed by atoms with Crippen LogP contribution in [0.15, 0.2) is 12.7 Å². The van der Waals surface area contributed by atoms with Gasteiger partial charge in [-0.2, -0.15) is 0 Å². The molecule has 3 rings (SSSR count). The fourth-order valence-electron chi connectivity index (χ4n) is 2.84. The zero-order valence-electron chi connectivity index (χ0n) is 19.7. The van der Waals surface area contributed by atoms with Gasteiger partial charge in [-0.15, -0.1) is 0 Å². The molecule has 180 valence electrons. The van der Waals surface area contributed by atoms with Crippen LogP contribution in [0.25, 0.3) is 11.2 Å². The number of nitrogens with zero attached hydrogens (tertiary/aromatic N) is 4. The number of aliphatic hydroxyl groups excluding tert-OH is 1. The first kappa shape index (κ1) is 39.2. The summed E-state index contributed by atoms with van der Waals surface area (Å²) in [5.74, 6) is 0.0653. The number of ether oxygens (including phenoxy) is 2. The molecule has 1 fully saturated rings. The molecule has 1 aliphatic heterocycles. The van der Waals surface area contributed by atoms with Gasteiger partial charge in [0, 0.05) is 7.11 Å². The SMILES string of the molecule is CO[C@@H]1[C@H](O)[C@@H](COP(=O)([O-])OP(=O)([O-])OP(=O)([O-])[O-])O[C@H]1n1cnc2c(N)ncnc21.[Li+].[Li+].[Li+].[Li+]. The molecule has 1 saturated heterocycles. The number of aliphatic hydroxyl groups is 1. The summed E-state index contributed by atoms with van der Waals surface area (Å²) in [7, 11) is -16.8. The predicted molar refractivity (Wildman–Crippen MR) is 91.4 cm³/mol. The minimum atomic E-state index is -6.12. The summed E-state index contributed by atoms with van der Waals surface area (Å²) in [4.78, 5) is 55.4. The van der Waals surface area contributed by atoms with E-state index >= 15 is 0 Å². The third kappa shape index (κ3) is 9.89. The molecule has 36 heavy (non-hydrogen) atoms. The number of methoxy groups -OCH3 is 1. The summed E-state index contributed by atoms with van der Waals surface area (Å²) in [5.41, 5.74) is 6.14. The number of phosphoric acid groups is 3. The molecule has 2 unspecified atom stereocenters. The number of imidazole rings is 1. The van der Waals surface area contributed by atoms with Crippen molar-refractivity contribution in [1.82, 2.24) is 19.5 Å². The van der Waals surface area contributed by atoms with Crippen molar-refractivity contribution in [3.8, 4) is 0 Å². The van der Waals surface area contributed by atoms with Crippen LogP contribution in [-0.4, -0.2) is 56.7 Å². The van der Waals surface area contributed by atoms with Gasteiger partial charge in [-0.05, 0) is 0 Å². The number of anilines is 1. The monoisotopic (exact) mass is 545 g/mol. The zero-order valence-corrected chi connectivity index (χ0v) is 22.4. The number of rotatable bonds is 9. The average molecular weight is 545 g/mol. The topological polar surface area (TPSA) is 279 Å². The molecule has 0 aliphatic carbocycles. The molecule has 25 heteroatoms. The molecule has 0 bridgehead atoms. The number of aromatic nitrogens is 4. The zero-order chi connectivity index (χ0) is 23.9. The van der Waals surface area contributed by atoms with E-state index in [2.05, 4.69) is 28.1 Å². The Morgan fingerprint density at radius 1 is 1.06 bits per heavy atom. The van der Waals surface area contributed by atoms with Crippen molar-refractivity contribution in [3.63, 3.8) is 0 Å². The fraction of sp³-hybridized carbons (Fsp3) is 0.545. The Balaban J connectivity index is 0. The molecule has 2 aromatic rings. The first-order valence-electron chi connectivity index (χ1n) is 8.24. The number of hydrogen-bond donors (Lipinski definition) is 2. The van der Waals surface area contributed by atoms with Gasteiger partial charge in [0.25, 0.3) is 15.6 Å². The first-order chi connectivity index (χ1) is 14.7. The maximum atomic E-state index is 11.7. The Kier molecular flexibility index (Phi) is 16.5. The van der Waals surface area contributed by atoms with E-state index in [9.17, 15) is 38.4 Å². The van der Waals surface area contributed by atoms with Gasteiger partial charge in [-0.3, -0.25) is 18.0 Å². The standard InChI is InChI=1S/C11H18N5O13P3.4Li/c1-25-8-7(17)5(2-26-31(21,22)29-32(23,24)28-30(18,19)20)27-11(8)16-4-15-6-9(12)13-3-14-10(6)16;;;;/h3-5,7-8,11,17H,2H2,1H3,(H,21,22)(H,23,24)(H2,12,13,14)(H2,18,19,20);;;;/q;4*+1/p-4/t5-,7-,8-,11-;;;;/m1..../s1. The van der Waals surface area contributed by atoms with E-state index in [1.165, 1.54) is 18.0 Å². The Hall–Kier alpha value is 1.03. The molecule has 2 aromatic heterocycles. The van der Waals surface area contributed by atoms with Crippen molar-refractivity contribution >= 4 is 40.4 Å².